The van der Waals surface area contributed by atoms with Gasteiger partial charge in [0.2, 0.25) is 5.78 Å². The van der Waals surface area contributed by atoms with Crippen molar-refractivity contribution < 1.29 is 23.9 Å². The quantitative estimate of drug-likeness (QED) is 0.638. The molecule has 1 aromatic rings. The number of hydrogen-bond acceptors (Lipinski definition) is 5. The summed E-state index contributed by atoms with van der Waals surface area (Å²) in [5, 5.41) is 2.46. The van der Waals surface area contributed by atoms with E-state index in [1.807, 2.05) is 26.0 Å². The molecule has 0 saturated heterocycles. The Hall–Kier alpha value is -2.37. The molecule has 0 radical (unpaired) electrons. The first kappa shape index (κ1) is 19.7. The molecular formula is C18H25NO5. The van der Waals surface area contributed by atoms with Crippen molar-refractivity contribution in [2.24, 2.45) is 0 Å². The summed E-state index contributed by atoms with van der Waals surface area (Å²) in [6.45, 7) is 8.75. The van der Waals surface area contributed by atoms with Crippen LogP contribution in [-0.4, -0.2) is 36.6 Å². The van der Waals surface area contributed by atoms with Gasteiger partial charge < -0.3 is 14.8 Å². The van der Waals surface area contributed by atoms with Gasteiger partial charge in [-0.15, -0.1) is 0 Å². The number of benzene rings is 1. The Morgan fingerprint density at radius 1 is 1.12 bits per heavy atom. The third kappa shape index (κ3) is 7.26. The second kappa shape index (κ2) is 8.47. The van der Waals surface area contributed by atoms with Crippen LogP contribution in [0.15, 0.2) is 18.2 Å². The third-order valence-corrected chi connectivity index (χ3v) is 3.06. The molecule has 0 saturated carbocycles. The third-order valence-electron chi connectivity index (χ3n) is 3.06. The second-order valence-corrected chi connectivity index (χ2v) is 6.58. The van der Waals surface area contributed by atoms with Crippen molar-refractivity contribution >= 4 is 17.8 Å². The van der Waals surface area contributed by atoms with Crippen LogP contribution in [0.2, 0.25) is 0 Å². The van der Waals surface area contributed by atoms with Gasteiger partial charge in [0.1, 0.15) is 5.60 Å². The van der Waals surface area contributed by atoms with Gasteiger partial charge in [0, 0.05) is 12.1 Å². The van der Waals surface area contributed by atoms with Crippen LogP contribution in [0.25, 0.3) is 0 Å². The molecule has 0 aliphatic heterocycles. The van der Waals surface area contributed by atoms with E-state index in [0.717, 1.165) is 11.1 Å². The van der Waals surface area contributed by atoms with Gasteiger partial charge in [0.05, 0.1) is 6.42 Å². The Morgan fingerprint density at radius 3 is 2.42 bits per heavy atom. The Morgan fingerprint density at radius 2 is 1.79 bits per heavy atom. The molecule has 1 rings (SSSR count). The van der Waals surface area contributed by atoms with Crippen LogP contribution in [0.3, 0.4) is 0 Å². The van der Waals surface area contributed by atoms with E-state index in [-0.39, 0.29) is 25.4 Å². The van der Waals surface area contributed by atoms with Gasteiger partial charge in [0.15, 0.2) is 6.61 Å². The molecule has 24 heavy (non-hydrogen) atoms. The monoisotopic (exact) mass is 335 g/mol. The second-order valence-electron chi connectivity index (χ2n) is 6.58. The zero-order valence-corrected chi connectivity index (χ0v) is 14.9. The summed E-state index contributed by atoms with van der Waals surface area (Å²) in [5.41, 5.74) is 1.77. The molecule has 1 N–H and O–H groups in total. The summed E-state index contributed by atoms with van der Waals surface area (Å²) < 4.78 is 10.00. The number of alkyl carbamates (subject to hydrolysis) is 1. The van der Waals surface area contributed by atoms with E-state index in [2.05, 4.69) is 5.32 Å². The number of ketones is 1. The molecule has 6 heteroatoms. The fourth-order valence-corrected chi connectivity index (χ4v) is 1.91. The van der Waals surface area contributed by atoms with Crippen LogP contribution in [0.4, 0.5) is 4.79 Å². The number of hydrogen-bond donors (Lipinski definition) is 1. The van der Waals surface area contributed by atoms with Crippen LogP contribution in [-0.2, 0) is 14.3 Å². The molecule has 132 valence electrons. The molecule has 6 nitrogen and oxygen atoms in total. The molecule has 0 unspecified atom stereocenters. The van der Waals surface area contributed by atoms with Gasteiger partial charge in [-0.2, -0.15) is 0 Å². The van der Waals surface area contributed by atoms with E-state index in [9.17, 15) is 14.4 Å². The van der Waals surface area contributed by atoms with Crippen molar-refractivity contribution in [2.75, 3.05) is 13.2 Å². The molecule has 0 atom stereocenters. The number of aryl methyl sites for hydroxylation is 2. The first-order valence-electron chi connectivity index (χ1n) is 7.81. The van der Waals surface area contributed by atoms with Crippen molar-refractivity contribution in [3.05, 3.63) is 34.9 Å². The highest BCUT2D eigenvalue weighted by Crippen LogP contribution is 2.11. The maximum Gasteiger partial charge on any atom is 0.407 e. The maximum absolute atomic E-state index is 12.1. The van der Waals surface area contributed by atoms with Crippen LogP contribution in [0, 0.1) is 13.8 Å². The average Bonchev–Trinajstić information content (AvgIpc) is 2.45. The van der Waals surface area contributed by atoms with Crippen molar-refractivity contribution in [1.29, 1.82) is 0 Å². The summed E-state index contributed by atoms with van der Waals surface area (Å²) in [7, 11) is 0. The summed E-state index contributed by atoms with van der Waals surface area (Å²) in [5.74, 6) is -0.797. The van der Waals surface area contributed by atoms with E-state index in [1.165, 1.54) is 0 Å². The van der Waals surface area contributed by atoms with E-state index < -0.39 is 17.7 Å². The molecule has 0 spiro atoms. The lowest BCUT2D eigenvalue weighted by molar-refractivity contribution is -0.142. The van der Waals surface area contributed by atoms with Crippen molar-refractivity contribution in [3.8, 4) is 0 Å². The average molecular weight is 335 g/mol. The standard InChI is InChI=1S/C18H25NO5/c1-12-6-7-13(2)14(10-12)15(20)11-23-16(21)8-9-19-17(22)24-18(3,4)5/h6-7,10H,8-9,11H2,1-5H3,(H,19,22). The van der Waals surface area contributed by atoms with Gasteiger partial charge in [-0.3, -0.25) is 9.59 Å². The molecule has 1 amide bonds. The number of esters is 1. The lowest BCUT2D eigenvalue weighted by Gasteiger charge is -2.19. The van der Waals surface area contributed by atoms with Crippen LogP contribution < -0.4 is 5.32 Å². The highest BCUT2D eigenvalue weighted by Gasteiger charge is 2.16. The predicted octanol–water partition coefficient (Wildman–Crippen LogP) is 2.94. The topological polar surface area (TPSA) is 81.7 Å². The first-order valence-corrected chi connectivity index (χ1v) is 7.81. The van der Waals surface area contributed by atoms with Crippen molar-refractivity contribution in [3.63, 3.8) is 0 Å². The van der Waals surface area contributed by atoms with E-state index >= 15 is 0 Å². The van der Waals surface area contributed by atoms with Gasteiger partial charge in [-0.1, -0.05) is 17.7 Å². The van der Waals surface area contributed by atoms with Gasteiger partial charge in [-0.05, 0) is 46.2 Å². The molecule has 0 bridgehead atoms. The summed E-state index contributed by atoms with van der Waals surface area (Å²) in [6.07, 6.45) is -0.624. The number of amides is 1. The van der Waals surface area contributed by atoms with Gasteiger partial charge >= 0.3 is 12.1 Å². The number of Topliss-reactive ketones (excluding diaryl/α,β-unsaturated/α-hetero) is 1. The molecule has 0 aromatic heterocycles. The van der Waals surface area contributed by atoms with Gasteiger partial charge in [-0.25, -0.2) is 4.79 Å². The summed E-state index contributed by atoms with van der Waals surface area (Å²) in [6, 6.07) is 5.55. The molecule has 0 fully saturated rings. The van der Waals surface area contributed by atoms with Crippen molar-refractivity contribution in [2.45, 2.75) is 46.6 Å². The zero-order chi connectivity index (χ0) is 18.3. The maximum atomic E-state index is 12.1. The Kier molecular flexibility index (Phi) is 6.95. The Balaban J connectivity index is 2.35. The number of carbonyl (C=O) groups excluding carboxylic acids is 3. The van der Waals surface area contributed by atoms with Gasteiger partial charge in [0.25, 0.3) is 0 Å². The number of rotatable bonds is 6. The normalized spacial score (nSPS) is 10.9. The van der Waals surface area contributed by atoms with Crippen molar-refractivity contribution in [1.82, 2.24) is 5.32 Å². The van der Waals surface area contributed by atoms with Crippen LogP contribution in [0.5, 0.6) is 0 Å². The molecule has 0 aliphatic rings. The van der Waals surface area contributed by atoms with E-state index in [4.69, 9.17) is 9.47 Å². The summed E-state index contributed by atoms with van der Waals surface area (Å²) >= 11 is 0. The number of nitrogens with one attached hydrogen (secondary N) is 1. The zero-order valence-electron chi connectivity index (χ0n) is 14.9. The minimum absolute atomic E-state index is 0.0284. The fourth-order valence-electron chi connectivity index (χ4n) is 1.91. The van der Waals surface area contributed by atoms with Crippen LogP contribution >= 0.6 is 0 Å². The number of ether oxygens (including phenoxy) is 2. The summed E-state index contributed by atoms with van der Waals surface area (Å²) in [4.78, 5) is 35.1. The smallest absolute Gasteiger partial charge is 0.407 e. The minimum atomic E-state index is -0.596. The van der Waals surface area contributed by atoms with E-state index in [1.54, 1.807) is 26.8 Å². The highest BCUT2D eigenvalue weighted by molar-refractivity contribution is 5.99. The first-order chi connectivity index (χ1) is 11.1. The SMILES string of the molecule is Cc1ccc(C)c(C(=O)COC(=O)CCNC(=O)OC(C)(C)C)c1. The Labute approximate surface area is 142 Å². The molecule has 1 aromatic carbocycles. The largest absolute Gasteiger partial charge is 0.457 e. The minimum Gasteiger partial charge on any atom is -0.457 e. The fraction of sp³-hybridized carbons (Fsp3) is 0.500. The van der Waals surface area contributed by atoms with E-state index in [0.29, 0.717) is 5.56 Å². The molecule has 0 heterocycles. The molecular weight excluding hydrogens is 310 g/mol. The number of carbonyl (C=O) groups is 3. The Bertz CT molecular complexity index is 616. The molecule has 0 aliphatic carbocycles. The predicted molar refractivity (Wildman–Crippen MR) is 90.1 cm³/mol. The lowest BCUT2D eigenvalue weighted by atomic mass is 10.0. The highest BCUT2D eigenvalue weighted by atomic mass is 16.6. The van der Waals surface area contributed by atoms with Crippen LogP contribution in [0.1, 0.15) is 48.7 Å². The lowest BCUT2D eigenvalue weighted by Crippen LogP contribution is -2.33.